The van der Waals surface area contributed by atoms with Crippen LogP contribution in [0.25, 0.3) is 287 Å². The summed E-state index contributed by atoms with van der Waals surface area (Å²) in [4.78, 5) is 44.0. The minimum Gasteiger partial charge on any atom is -0.309 e. The number of aromatic nitrogens is 12. The van der Waals surface area contributed by atoms with Crippen LogP contribution in [0.4, 0.5) is 0 Å². The van der Waals surface area contributed by atoms with E-state index < -0.39 is 18.1 Å². The third-order valence-corrected chi connectivity index (χ3v) is 33.2. The van der Waals surface area contributed by atoms with Crippen molar-refractivity contribution in [3.05, 3.63) is 460 Å². The Hall–Kier alpha value is -18.5. The lowest BCUT2D eigenvalue weighted by atomic mass is 9.82. The number of rotatable bonds is 9. The summed E-state index contributed by atoms with van der Waals surface area (Å²) in [6, 6.07) is 140. The third kappa shape index (κ3) is 13.1. The molecule has 0 fully saturated rings. The normalized spacial score (nSPS) is 13.0. The standard InChI is InChI=1S/C50H32N4S.2C41H24N4S/c1-50(2)39-18-8-5-12-32(39)33-26-23-30(28-40(33)50)45-38-17-11-27-51-49(38)53-48(52-45)29-21-24-31(25-22-29)54-41-19-9-6-15-36(41)44-46(54)35-14-4-3-13-34(35)43-37-16-7-10-20-42(37)55-47(43)44;2*1-2-12-25(13-3-1)37-32-20-11-23-42-41(32)44-40(43-37)26-14-10-15-27(24-26)45-33-21-8-6-18-30(33)36-38(45)29-17-5-4-16-28(29)35-31-19-7-9-22-34(31)46-39(35)36/h3-28H,1-2H3;2*1-24H/i;1D,2D,3D,12D,13D;. The molecule has 32 rings (SSSR count). The Balaban J connectivity index is 0.000000105. The Morgan fingerprint density at radius 3 is 1.02 bits per heavy atom. The molecule has 0 saturated heterocycles. The summed E-state index contributed by atoms with van der Waals surface area (Å²) >= 11 is 5.61. The minimum atomic E-state index is -0.454. The van der Waals surface area contributed by atoms with Gasteiger partial charge in [-0.25, -0.2) is 44.9 Å². The molecule has 0 N–H and O–H groups in total. The summed E-state index contributed by atoms with van der Waals surface area (Å²) < 4.78 is 57.2. The lowest BCUT2D eigenvalue weighted by Gasteiger charge is -2.22. The van der Waals surface area contributed by atoms with Crippen molar-refractivity contribution in [3.63, 3.8) is 0 Å². The van der Waals surface area contributed by atoms with E-state index in [1.165, 1.54) is 159 Å². The molecule has 19 aromatic carbocycles. The van der Waals surface area contributed by atoms with Crippen molar-refractivity contribution < 1.29 is 6.85 Å². The molecule has 12 aromatic heterocycles. The number of hydrogen-bond acceptors (Lipinski definition) is 12. The molecule has 0 spiro atoms. The largest absolute Gasteiger partial charge is 0.309 e. The first kappa shape index (κ1) is 79.1. The van der Waals surface area contributed by atoms with Gasteiger partial charge in [-0.1, -0.05) is 317 Å². The molecule has 147 heavy (non-hydrogen) atoms. The molecule has 15 heteroatoms. The van der Waals surface area contributed by atoms with Gasteiger partial charge >= 0.3 is 0 Å². The van der Waals surface area contributed by atoms with Crippen LogP contribution in [0.15, 0.2) is 449 Å². The second-order valence-electron chi connectivity index (χ2n) is 38.0. The van der Waals surface area contributed by atoms with E-state index in [4.69, 9.17) is 41.7 Å². The molecule has 0 amide bonds. The Bertz CT molecular complexity index is 11300. The van der Waals surface area contributed by atoms with Gasteiger partial charge in [0.25, 0.3) is 0 Å². The van der Waals surface area contributed by atoms with E-state index in [-0.39, 0.29) is 28.8 Å². The Morgan fingerprint density at radius 1 is 0.231 bits per heavy atom. The van der Waals surface area contributed by atoms with Crippen LogP contribution in [-0.2, 0) is 5.41 Å². The summed E-state index contributed by atoms with van der Waals surface area (Å²) in [6.45, 7) is 4.64. The zero-order chi connectivity index (χ0) is 101. The lowest BCUT2D eigenvalue weighted by Crippen LogP contribution is -2.15. The minimum absolute atomic E-state index is 0.0139. The first-order valence-electron chi connectivity index (χ1n) is 51.6. The number of hydrogen-bond donors (Lipinski definition) is 0. The van der Waals surface area contributed by atoms with Crippen LogP contribution >= 0.6 is 34.0 Å². The number of fused-ring (bicyclic) bond motifs is 36. The highest BCUT2D eigenvalue weighted by atomic mass is 32.1. The molecule has 1 aliphatic rings. The van der Waals surface area contributed by atoms with Gasteiger partial charge in [0.05, 0.1) is 57.0 Å². The van der Waals surface area contributed by atoms with Gasteiger partial charge in [0.2, 0.25) is 0 Å². The van der Waals surface area contributed by atoms with Crippen LogP contribution in [0.1, 0.15) is 31.8 Å². The van der Waals surface area contributed by atoms with E-state index in [0.29, 0.717) is 45.4 Å². The highest BCUT2D eigenvalue weighted by molar-refractivity contribution is 7.28. The van der Waals surface area contributed by atoms with E-state index in [2.05, 4.69) is 371 Å². The van der Waals surface area contributed by atoms with Gasteiger partial charge in [0.15, 0.2) is 34.4 Å². The molecule has 0 unspecified atom stereocenters. The second kappa shape index (κ2) is 33.3. The van der Waals surface area contributed by atoms with E-state index in [1.54, 1.807) is 24.5 Å². The smallest absolute Gasteiger partial charge is 0.163 e. The number of pyridine rings is 3. The topological polar surface area (TPSA) is 131 Å². The molecule has 0 radical (unpaired) electrons. The maximum atomic E-state index is 8.71. The summed E-state index contributed by atoms with van der Waals surface area (Å²) in [6.07, 6.45) is 5.23. The van der Waals surface area contributed by atoms with E-state index in [1.807, 2.05) is 94.8 Å². The van der Waals surface area contributed by atoms with Gasteiger partial charge < -0.3 is 13.7 Å². The van der Waals surface area contributed by atoms with Gasteiger partial charge in [-0.15, -0.1) is 34.0 Å². The zero-order valence-electron chi connectivity index (χ0n) is 83.9. The average molecular weight is 1940 g/mol. The lowest BCUT2D eigenvalue weighted by molar-refractivity contribution is 0.660. The molecular formula is C132H80N12S3. The van der Waals surface area contributed by atoms with Gasteiger partial charge in [-0.2, -0.15) is 0 Å². The van der Waals surface area contributed by atoms with Crippen LogP contribution in [0.5, 0.6) is 0 Å². The summed E-state index contributed by atoms with van der Waals surface area (Å²) in [5.74, 6) is 1.65. The van der Waals surface area contributed by atoms with E-state index >= 15 is 0 Å². The predicted octanol–water partition coefficient (Wildman–Crippen LogP) is 35.2. The van der Waals surface area contributed by atoms with Crippen LogP contribution in [0.3, 0.4) is 0 Å². The molecule has 0 bridgehead atoms. The maximum Gasteiger partial charge on any atom is 0.163 e. The highest BCUT2D eigenvalue weighted by Crippen LogP contribution is 2.55. The van der Waals surface area contributed by atoms with Gasteiger partial charge in [-0.3, -0.25) is 0 Å². The van der Waals surface area contributed by atoms with E-state index in [0.717, 1.165) is 83.3 Å². The molecule has 12 nitrogen and oxygen atoms in total. The number of benzene rings is 19. The van der Waals surface area contributed by atoms with Crippen LogP contribution < -0.4 is 0 Å². The zero-order valence-corrected chi connectivity index (χ0v) is 81.4. The molecule has 12 heterocycles. The van der Waals surface area contributed by atoms with Gasteiger partial charge in [0.1, 0.15) is 0 Å². The van der Waals surface area contributed by atoms with Crippen molar-refractivity contribution in [2.45, 2.75) is 19.3 Å². The monoisotopic (exact) mass is 1930 g/mol. The molecule has 686 valence electrons. The Labute approximate surface area is 860 Å². The number of para-hydroxylation sites is 3. The maximum absolute atomic E-state index is 8.71. The third-order valence-electron chi connectivity index (χ3n) is 29.6. The summed E-state index contributed by atoms with van der Waals surface area (Å²) in [7, 11) is 0. The fourth-order valence-electron chi connectivity index (χ4n) is 23.2. The second-order valence-corrected chi connectivity index (χ2v) is 41.2. The molecule has 1 aliphatic carbocycles. The highest BCUT2D eigenvalue weighted by Gasteiger charge is 2.37. The molecular weight excluding hydrogens is 1850 g/mol. The molecule has 31 aromatic rings. The molecule has 0 saturated carbocycles. The Morgan fingerprint density at radius 2 is 0.571 bits per heavy atom. The first-order chi connectivity index (χ1) is 74.8. The Kier molecular flexibility index (Phi) is 17.9. The van der Waals surface area contributed by atoms with Crippen LogP contribution in [0, 0.1) is 0 Å². The van der Waals surface area contributed by atoms with Crippen molar-refractivity contribution in [1.82, 2.24) is 58.6 Å². The number of thiophene rings is 3. The molecule has 0 atom stereocenters. The SMILES string of the molecule is CC1(C)c2ccccc2-c2ccc(-c3nc(-c4ccc(-n5c6ccccc6c6c7sc8ccccc8c7c7ccccc7c65)cc4)nc4ncccc34)cc21.[2H]c1c([2H])c([2H])c(-c2nc(-c3cccc(-n4c5ccccc5c5c6sc7ccccc7c6c6ccccc6c54)c3)nc3ncccc23)c([2H])c1[2H].c1ccc(-c2nc(-c3cccc(-n4c5ccccc5c5c6sc7ccccc7c6c6ccccc6c54)c3)nc3ncccc23)cc1. The quantitative estimate of drug-likeness (QED) is 0.139. The van der Waals surface area contributed by atoms with Crippen molar-refractivity contribution in [2.24, 2.45) is 0 Å². The van der Waals surface area contributed by atoms with Crippen molar-refractivity contribution in [3.8, 4) is 96.1 Å². The fourth-order valence-corrected chi connectivity index (χ4v) is 27.0. The van der Waals surface area contributed by atoms with Gasteiger partial charge in [0, 0.05) is 200 Å². The summed E-state index contributed by atoms with van der Waals surface area (Å²) in [5.41, 5.74) is 23.8. The predicted molar refractivity (Wildman–Crippen MR) is 616 cm³/mol. The van der Waals surface area contributed by atoms with E-state index in [9.17, 15) is 0 Å². The van der Waals surface area contributed by atoms with Crippen molar-refractivity contribution >= 4 is 225 Å². The van der Waals surface area contributed by atoms with Crippen LogP contribution in [-0.4, -0.2) is 58.6 Å². The van der Waals surface area contributed by atoms with Crippen LogP contribution in [0.2, 0.25) is 0 Å². The first-order valence-corrected chi connectivity index (χ1v) is 51.6. The van der Waals surface area contributed by atoms with Gasteiger partial charge in [-0.05, 0) is 166 Å². The van der Waals surface area contributed by atoms with Crippen molar-refractivity contribution in [2.75, 3.05) is 0 Å². The fraction of sp³-hybridized carbons (Fsp3) is 0.0227. The average Bonchev–Trinajstić information content (AvgIpc) is 1.54. The number of nitrogens with zero attached hydrogens (tertiary/aromatic N) is 12. The van der Waals surface area contributed by atoms with Crippen molar-refractivity contribution in [1.29, 1.82) is 0 Å². The molecule has 0 aliphatic heterocycles. The summed E-state index contributed by atoms with van der Waals surface area (Å²) in [5, 5.41) is 25.1.